The number of carbonyl (C=O) groups is 1. The van der Waals surface area contributed by atoms with Crippen LogP contribution in [0.15, 0.2) is 48.8 Å². The summed E-state index contributed by atoms with van der Waals surface area (Å²) in [4.78, 5) is 26.3. The number of piperazine rings is 1. The molecular formula is C25H36N4O5. The third-order valence-electron chi connectivity index (χ3n) is 6.15. The van der Waals surface area contributed by atoms with Gasteiger partial charge in [-0.05, 0) is 61.6 Å². The quantitative estimate of drug-likeness (QED) is 0.380. The fourth-order valence-corrected chi connectivity index (χ4v) is 4.27. The van der Waals surface area contributed by atoms with Crippen molar-refractivity contribution in [2.75, 3.05) is 39.4 Å². The fraction of sp³-hybridized carbons (Fsp3) is 0.520. The van der Waals surface area contributed by atoms with Crippen LogP contribution in [0, 0.1) is 5.92 Å². The Morgan fingerprint density at radius 2 is 1.79 bits per heavy atom. The summed E-state index contributed by atoms with van der Waals surface area (Å²) in [5, 5.41) is 19.3. The molecule has 3 rings (SSSR count). The molecule has 1 aliphatic heterocycles. The van der Waals surface area contributed by atoms with Gasteiger partial charge in [0.2, 0.25) is 5.91 Å². The number of nitrogens with zero attached hydrogens (tertiary/aromatic N) is 3. The van der Waals surface area contributed by atoms with Gasteiger partial charge >= 0.3 is 0 Å². The smallest absolute Gasteiger partial charge is 0.228 e. The number of amides is 1. The lowest BCUT2D eigenvalue weighted by atomic mass is 9.93. The normalized spacial score (nSPS) is 16.3. The second-order valence-corrected chi connectivity index (χ2v) is 8.50. The van der Waals surface area contributed by atoms with Crippen LogP contribution in [0.2, 0.25) is 0 Å². The van der Waals surface area contributed by atoms with Gasteiger partial charge in [-0.25, -0.2) is 0 Å². The summed E-state index contributed by atoms with van der Waals surface area (Å²) in [6.45, 7) is 6.02. The summed E-state index contributed by atoms with van der Waals surface area (Å²) in [7, 11) is 0. The number of aromatic nitrogens is 1. The molecule has 1 saturated heterocycles. The molecule has 2 atom stereocenters. The monoisotopic (exact) mass is 472 g/mol. The van der Waals surface area contributed by atoms with Crippen LogP contribution < -0.4 is 10.4 Å². The molecule has 3 N–H and O–H groups in total. The van der Waals surface area contributed by atoms with Crippen LogP contribution in [-0.4, -0.2) is 76.5 Å². The van der Waals surface area contributed by atoms with Crippen molar-refractivity contribution in [3.05, 3.63) is 59.9 Å². The number of pyridine rings is 1. The average molecular weight is 473 g/mol. The van der Waals surface area contributed by atoms with Gasteiger partial charge in [0.25, 0.3) is 0 Å². The summed E-state index contributed by atoms with van der Waals surface area (Å²) in [5.74, 6) is 0.179. The highest BCUT2D eigenvalue weighted by Gasteiger charge is 2.32. The predicted octanol–water partition coefficient (Wildman–Crippen LogP) is 2.03. The zero-order valence-corrected chi connectivity index (χ0v) is 19.8. The lowest BCUT2D eigenvalue weighted by Crippen LogP contribution is -2.52. The van der Waals surface area contributed by atoms with E-state index < -0.39 is 12.0 Å². The Morgan fingerprint density at radius 1 is 1.09 bits per heavy atom. The van der Waals surface area contributed by atoms with Crippen LogP contribution >= 0.6 is 0 Å². The van der Waals surface area contributed by atoms with E-state index in [9.17, 15) is 9.90 Å². The number of rotatable bonds is 13. The van der Waals surface area contributed by atoms with Crippen molar-refractivity contribution < 1.29 is 24.7 Å². The standard InChI is InChI=1S/C25H36N4O5/c1-2-33-22-8-6-20(7-9-22)4-3-5-23(24(30)19-34-27-32)25(31)29-16-14-28(15-17-29)18-21-10-12-26-13-11-21/h6-13,23-24,27,30,32H,2-5,14-19H2,1H3/t23-,24-/m1/s1. The fourth-order valence-electron chi connectivity index (χ4n) is 4.27. The molecule has 1 aromatic heterocycles. The maximum absolute atomic E-state index is 13.3. The minimum absolute atomic E-state index is 0.0655. The van der Waals surface area contributed by atoms with Crippen molar-refractivity contribution >= 4 is 5.91 Å². The Labute approximate surface area is 201 Å². The topological polar surface area (TPSA) is 107 Å². The predicted molar refractivity (Wildman–Crippen MR) is 127 cm³/mol. The number of carbonyl (C=O) groups excluding carboxylic acids is 1. The molecule has 1 aliphatic rings. The van der Waals surface area contributed by atoms with E-state index in [0.717, 1.165) is 43.8 Å². The molecule has 0 unspecified atom stereocenters. The van der Waals surface area contributed by atoms with Gasteiger partial charge in [-0.2, -0.15) is 0 Å². The van der Waals surface area contributed by atoms with Crippen LogP contribution in [0.1, 0.15) is 30.9 Å². The summed E-state index contributed by atoms with van der Waals surface area (Å²) in [6.07, 6.45) is 4.63. The second kappa shape index (κ2) is 14.0. The van der Waals surface area contributed by atoms with Gasteiger partial charge in [0.05, 0.1) is 25.2 Å². The van der Waals surface area contributed by atoms with Gasteiger partial charge in [0.1, 0.15) is 5.75 Å². The number of benzene rings is 1. The molecule has 0 spiro atoms. The molecule has 186 valence electrons. The molecule has 0 aliphatic carbocycles. The first-order chi connectivity index (χ1) is 16.6. The van der Waals surface area contributed by atoms with Gasteiger partial charge in [0.15, 0.2) is 0 Å². The van der Waals surface area contributed by atoms with E-state index in [1.165, 1.54) is 5.56 Å². The molecule has 34 heavy (non-hydrogen) atoms. The van der Waals surface area contributed by atoms with Gasteiger partial charge in [-0.1, -0.05) is 17.8 Å². The molecule has 9 heteroatoms. The lowest BCUT2D eigenvalue weighted by Gasteiger charge is -2.37. The van der Waals surface area contributed by atoms with E-state index in [4.69, 9.17) is 14.8 Å². The van der Waals surface area contributed by atoms with E-state index in [2.05, 4.69) is 9.88 Å². The zero-order valence-electron chi connectivity index (χ0n) is 19.8. The minimum Gasteiger partial charge on any atom is -0.494 e. The number of aliphatic hydroxyl groups is 1. The SMILES string of the molecule is CCOc1ccc(CCC[C@@H](C(=O)N2CCN(Cc3ccncc3)CC2)[C@H](O)CONO)cc1. The van der Waals surface area contributed by atoms with E-state index in [-0.39, 0.29) is 12.5 Å². The van der Waals surface area contributed by atoms with E-state index in [1.807, 2.05) is 48.2 Å². The first kappa shape index (κ1) is 26.1. The molecule has 9 nitrogen and oxygen atoms in total. The van der Waals surface area contributed by atoms with E-state index >= 15 is 0 Å². The lowest BCUT2D eigenvalue weighted by molar-refractivity contribution is -0.163. The first-order valence-corrected chi connectivity index (χ1v) is 11.9. The van der Waals surface area contributed by atoms with Crippen molar-refractivity contribution in [2.45, 2.75) is 38.8 Å². The molecule has 0 radical (unpaired) electrons. The van der Waals surface area contributed by atoms with Crippen LogP contribution in [-0.2, 0) is 22.6 Å². The van der Waals surface area contributed by atoms with Crippen molar-refractivity contribution in [1.29, 1.82) is 0 Å². The Morgan fingerprint density at radius 3 is 2.44 bits per heavy atom. The molecular weight excluding hydrogens is 436 g/mol. The number of ether oxygens (including phenoxy) is 1. The highest BCUT2D eigenvalue weighted by atomic mass is 16.8. The summed E-state index contributed by atoms with van der Waals surface area (Å²) in [5.41, 5.74) is 3.95. The van der Waals surface area contributed by atoms with Crippen molar-refractivity contribution in [2.24, 2.45) is 5.92 Å². The molecule has 0 bridgehead atoms. The Kier molecular flexibility index (Phi) is 10.7. The van der Waals surface area contributed by atoms with Crippen molar-refractivity contribution in [3.63, 3.8) is 0 Å². The first-order valence-electron chi connectivity index (χ1n) is 11.9. The summed E-state index contributed by atoms with van der Waals surface area (Å²) in [6, 6.07) is 12.0. The van der Waals surface area contributed by atoms with Crippen molar-refractivity contribution in [1.82, 2.24) is 20.4 Å². The average Bonchev–Trinajstić information content (AvgIpc) is 2.87. The molecule has 1 amide bonds. The highest BCUT2D eigenvalue weighted by Crippen LogP contribution is 2.21. The largest absolute Gasteiger partial charge is 0.494 e. The number of hydrogen-bond acceptors (Lipinski definition) is 8. The van der Waals surface area contributed by atoms with Crippen LogP contribution in [0.25, 0.3) is 0 Å². The van der Waals surface area contributed by atoms with Crippen molar-refractivity contribution in [3.8, 4) is 5.75 Å². The Bertz CT molecular complexity index is 844. The Balaban J connectivity index is 1.52. The van der Waals surface area contributed by atoms with E-state index in [0.29, 0.717) is 26.1 Å². The summed E-state index contributed by atoms with van der Waals surface area (Å²) >= 11 is 0. The highest BCUT2D eigenvalue weighted by molar-refractivity contribution is 5.79. The number of aryl methyl sites for hydroxylation is 1. The molecule has 1 fully saturated rings. The molecule has 0 saturated carbocycles. The molecule has 2 heterocycles. The van der Waals surface area contributed by atoms with Gasteiger partial charge in [-0.15, -0.1) is 0 Å². The maximum Gasteiger partial charge on any atom is 0.228 e. The van der Waals surface area contributed by atoms with E-state index in [1.54, 1.807) is 18.0 Å². The third-order valence-corrected chi connectivity index (χ3v) is 6.15. The Hall–Kier alpha value is -2.56. The second-order valence-electron chi connectivity index (χ2n) is 8.50. The number of aliphatic hydroxyl groups excluding tert-OH is 1. The maximum atomic E-state index is 13.3. The van der Waals surface area contributed by atoms with Gasteiger partial charge in [0, 0.05) is 45.1 Å². The summed E-state index contributed by atoms with van der Waals surface area (Å²) < 4.78 is 5.48. The van der Waals surface area contributed by atoms with Gasteiger partial charge in [-0.3, -0.25) is 24.7 Å². The number of hydrogen-bond donors (Lipinski definition) is 3. The zero-order chi connectivity index (χ0) is 24.2. The molecule has 1 aromatic carbocycles. The van der Waals surface area contributed by atoms with Crippen LogP contribution in [0.3, 0.4) is 0 Å². The van der Waals surface area contributed by atoms with Crippen LogP contribution in [0.4, 0.5) is 0 Å². The molecule has 2 aromatic rings. The number of nitrogens with one attached hydrogen (secondary N) is 1. The van der Waals surface area contributed by atoms with Crippen LogP contribution in [0.5, 0.6) is 5.75 Å². The van der Waals surface area contributed by atoms with Gasteiger partial charge < -0.3 is 14.7 Å². The third kappa shape index (κ3) is 8.03. The minimum atomic E-state index is -1.01.